The molecule has 0 aliphatic carbocycles. The van der Waals surface area contributed by atoms with Crippen LogP contribution in [0.4, 0.5) is 0 Å². The number of nitrogens with zero attached hydrogens (tertiary/aromatic N) is 1. The highest BCUT2D eigenvalue weighted by atomic mass is 16.1. The van der Waals surface area contributed by atoms with Crippen LogP contribution < -0.4 is 5.32 Å². The van der Waals surface area contributed by atoms with Crippen LogP contribution in [0.2, 0.25) is 0 Å². The van der Waals surface area contributed by atoms with E-state index in [1.807, 2.05) is 6.92 Å². The van der Waals surface area contributed by atoms with Gasteiger partial charge in [-0.1, -0.05) is 111 Å². The van der Waals surface area contributed by atoms with E-state index in [2.05, 4.69) is 24.1 Å². The Morgan fingerprint density at radius 1 is 0.571 bits per heavy atom. The highest BCUT2D eigenvalue weighted by molar-refractivity contribution is 5.75. The number of unbranched alkanes of at least 4 members (excludes halogenated alkanes) is 14. The zero-order valence-electron chi connectivity index (χ0n) is 19.7. The Labute approximate surface area is 177 Å². The Balaban J connectivity index is 3.83. The fourth-order valence-electron chi connectivity index (χ4n) is 3.75. The van der Waals surface area contributed by atoms with Crippen LogP contribution in [0.5, 0.6) is 0 Å². The molecule has 0 aliphatic rings. The molecule has 0 heterocycles. The third-order valence-corrected chi connectivity index (χ3v) is 5.73. The largest absolute Gasteiger partial charge is 0.355 e. The molecule has 0 rings (SSSR count). The zero-order chi connectivity index (χ0) is 20.7. The Morgan fingerprint density at radius 2 is 0.964 bits per heavy atom. The van der Waals surface area contributed by atoms with Gasteiger partial charge >= 0.3 is 0 Å². The molecule has 168 valence electrons. The summed E-state index contributed by atoms with van der Waals surface area (Å²) < 4.78 is 0. The van der Waals surface area contributed by atoms with E-state index in [4.69, 9.17) is 0 Å². The molecule has 0 spiro atoms. The molecule has 0 saturated carbocycles. The van der Waals surface area contributed by atoms with Gasteiger partial charge in [0.25, 0.3) is 0 Å². The first-order chi connectivity index (χ1) is 13.7. The first-order valence-corrected chi connectivity index (χ1v) is 12.7. The minimum Gasteiger partial charge on any atom is -0.355 e. The maximum Gasteiger partial charge on any atom is 0.219 e. The highest BCUT2D eigenvalue weighted by Crippen LogP contribution is 2.11. The number of nitrogens with one attached hydrogen (secondary N) is 1. The lowest BCUT2D eigenvalue weighted by Crippen LogP contribution is -2.35. The topological polar surface area (TPSA) is 32.3 Å². The number of carbonyl (C=O) groups is 1. The van der Waals surface area contributed by atoms with Crippen LogP contribution in [0.3, 0.4) is 0 Å². The number of hydrogen-bond donors (Lipinski definition) is 1. The lowest BCUT2D eigenvalue weighted by molar-refractivity contribution is -0.120. The average Bonchev–Trinajstić information content (AvgIpc) is 2.71. The van der Waals surface area contributed by atoms with Gasteiger partial charge in [-0.05, 0) is 25.9 Å². The van der Waals surface area contributed by atoms with Gasteiger partial charge in [0.05, 0.1) is 0 Å². The molecule has 1 amide bonds. The van der Waals surface area contributed by atoms with Gasteiger partial charge in [0, 0.05) is 19.5 Å². The summed E-state index contributed by atoms with van der Waals surface area (Å²) in [5.74, 6) is 0.180. The zero-order valence-corrected chi connectivity index (χ0v) is 19.7. The molecule has 0 unspecified atom stereocenters. The van der Waals surface area contributed by atoms with E-state index in [9.17, 15) is 4.79 Å². The Bertz CT molecular complexity index is 300. The SMILES string of the molecule is CCCCCCCCCCN(CCCCCCCCCC)CCNC(=O)CC. The lowest BCUT2D eigenvalue weighted by Gasteiger charge is -2.22. The molecule has 0 aromatic rings. The number of hydrogen-bond acceptors (Lipinski definition) is 2. The molecular formula is C25H52N2O. The van der Waals surface area contributed by atoms with Gasteiger partial charge in [0.2, 0.25) is 5.91 Å². The van der Waals surface area contributed by atoms with Crippen molar-refractivity contribution in [2.75, 3.05) is 26.2 Å². The summed E-state index contributed by atoms with van der Waals surface area (Å²) in [5, 5.41) is 3.04. The van der Waals surface area contributed by atoms with Gasteiger partial charge in [-0.3, -0.25) is 4.79 Å². The van der Waals surface area contributed by atoms with Crippen LogP contribution in [-0.2, 0) is 4.79 Å². The normalized spacial score (nSPS) is 11.3. The third-order valence-electron chi connectivity index (χ3n) is 5.73. The maximum atomic E-state index is 11.5. The lowest BCUT2D eigenvalue weighted by atomic mass is 10.1. The molecule has 0 aromatic carbocycles. The minimum absolute atomic E-state index is 0.180. The van der Waals surface area contributed by atoms with Crippen LogP contribution >= 0.6 is 0 Å². The fraction of sp³-hybridized carbons (Fsp3) is 0.960. The fourth-order valence-corrected chi connectivity index (χ4v) is 3.75. The molecule has 28 heavy (non-hydrogen) atoms. The van der Waals surface area contributed by atoms with Crippen molar-refractivity contribution in [1.82, 2.24) is 10.2 Å². The monoisotopic (exact) mass is 396 g/mol. The summed E-state index contributed by atoms with van der Waals surface area (Å²) >= 11 is 0. The van der Waals surface area contributed by atoms with E-state index in [-0.39, 0.29) is 5.91 Å². The molecular weight excluding hydrogens is 344 g/mol. The van der Waals surface area contributed by atoms with E-state index in [0.29, 0.717) is 6.42 Å². The van der Waals surface area contributed by atoms with E-state index in [1.54, 1.807) is 0 Å². The maximum absolute atomic E-state index is 11.5. The predicted molar refractivity (Wildman–Crippen MR) is 125 cm³/mol. The predicted octanol–water partition coefficient (Wildman–Crippen LogP) is 7.10. The van der Waals surface area contributed by atoms with Gasteiger partial charge in [-0.2, -0.15) is 0 Å². The summed E-state index contributed by atoms with van der Waals surface area (Å²) in [6.07, 6.45) is 22.7. The second-order valence-corrected chi connectivity index (χ2v) is 8.49. The molecule has 0 saturated heterocycles. The summed E-state index contributed by atoms with van der Waals surface area (Å²) in [5.41, 5.74) is 0. The van der Waals surface area contributed by atoms with E-state index in [0.717, 1.165) is 13.1 Å². The summed E-state index contributed by atoms with van der Waals surface area (Å²) in [4.78, 5) is 14.1. The van der Waals surface area contributed by atoms with Crippen molar-refractivity contribution >= 4 is 5.91 Å². The van der Waals surface area contributed by atoms with Crippen LogP contribution in [0.25, 0.3) is 0 Å². The number of amides is 1. The molecule has 0 radical (unpaired) electrons. The van der Waals surface area contributed by atoms with Crippen LogP contribution in [-0.4, -0.2) is 37.0 Å². The molecule has 0 aromatic heterocycles. The van der Waals surface area contributed by atoms with E-state index in [1.165, 1.54) is 116 Å². The van der Waals surface area contributed by atoms with Crippen molar-refractivity contribution < 1.29 is 4.79 Å². The van der Waals surface area contributed by atoms with E-state index >= 15 is 0 Å². The van der Waals surface area contributed by atoms with Crippen molar-refractivity contribution in [3.8, 4) is 0 Å². The van der Waals surface area contributed by atoms with Crippen LogP contribution in [0, 0.1) is 0 Å². The summed E-state index contributed by atoms with van der Waals surface area (Å²) in [6.45, 7) is 10.7. The van der Waals surface area contributed by atoms with Crippen LogP contribution in [0.1, 0.15) is 130 Å². The smallest absolute Gasteiger partial charge is 0.219 e. The molecule has 0 aliphatic heterocycles. The minimum atomic E-state index is 0.180. The van der Waals surface area contributed by atoms with Gasteiger partial charge in [0.15, 0.2) is 0 Å². The number of carbonyl (C=O) groups excluding carboxylic acids is 1. The van der Waals surface area contributed by atoms with Gasteiger partial charge in [0.1, 0.15) is 0 Å². The summed E-state index contributed by atoms with van der Waals surface area (Å²) in [6, 6.07) is 0. The van der Waals surface area contributed by atoms with Crippen molar-refractivity contribution in [3.63, 3.8) is 0 Å². The quantitative estimate of drug-likeness (QED) is 0.198. The van der Waals surface area contributed by atoms with Crippen molar-refractivity contribution in [1.29, 1.82) is 0 Å². The standard InChI is InChI=1S/C25H52N2O/c1-4-7-9-11-13-15-17-19-22-27(24-21-26-25(28)6-3)23-20-18-16-14-12-10-8-5-2/h4-24H2,1-3H3,(H,26,28). The van der Waals surface area contributed by atoms with Crippen molar-refractivity contribution in [2.24, 2.45) is 0 Å². The second kappa shape index (κ2) is 22.7. The van der Waals surface area contributed by atoms with Gasteiger partial charge in [-0.15, -0.1) is 0 Å². The Morgan fingerprint density at radius 3 is 1.36 bits per heavy atom. The Kier molecular flexibility index (Phi) is 22.3. The second-order valence-electron chi connectivity index (χ2n) is 8.49. The molecule has 0 bridgehead atoms. The van der Waals surface area contributed by atoms with E-state index < -0.39 is 0 Å². The third kappa shape index (κ3) is 20.2. The molecule has 1 N–H and O–H groups in total. The average molecular weight is 397 g/mol. The van der Waals surface area contributed by atoms with Gasteiger partial charge < -0.3 is 10.2 Å². The molecule has 3 heteroatoms. The highest BCUT2D eigenvalue weighted by Gasteiger charge is 2.06. The van der Waals surface area contributed by atoms with Gasteiger partial charge in [-0.25, -0.2) is 0 Å². The Hall–Kier alpha value is -0.570. The van der Waals surface area contributed by atoms with Crippen LogP contribution in [0.15, 0.2) is 0 Å². The molecule has 0 atom stereocenters. The van der Waals surface area contributed by atoms with Crippen molar-refractivity contribution in [2.45, 2.75) is 130 Å². The van der Waals surface area contributed by atoms with Crippen molar-refractivity contribution in [3.05, 3.63) is 0 Å². The first kappa shape index (κ1) is 27.4. The molecule has 0 fully saturated rings. The first-order valence-electron chi connectivity index (χ1n) is 12.7. The summed E-state index contributed by atoms with van der Waals surface area (Å²) in [7, 11) is 0. The number of rotatable bonds is 22. The molecule has 3 nitrogen and oxygen atoms in total.